The SMILES string of the molecule is Nc1ccc(S(=O)(=O)NCC2CCSCC2)c([N+](=O)[O-])c1. The predicted octanol–water partition coefficient (Wildman–Crippen LogP) is 1.60. The van der Waals surface area contributed by atoms with Crippen LogP contribution in [-0.4, -0.2) is 31.4 Å². The Morgan fingerprint density at radius 3 is 2.67 bits per heavy atom. The molecule has 116 valence electrons. The number of hydrogen-bond donors (Lipinski definition) is 2. The number of nitrogen functional groups attached to an aromatic ring is 1. The largest absolute Gasteiger partial charge is 0.399 e. The van der Waals surface area contributed by atoms with E-state index < -0.39 is 20.6 Å². The van der Waals surface area contributed by atoms with Gasteiger partial charge in [0.05, 0.1) is 4.92 Å². The van der Waals surface area contributed by atoms with E-state index in [-0.39, 0.29) is 16.5 Å². The molecule has 1 aliphatic rings. The van der Waals surface area contributed by atoms with E-state index in [0.717, 1.165) is 30.4 Å². The molecule has 0 saturated carbocycles. The smallest absolute Gasteiger partial charge is 0.291 e. The maximum atomic E-state index is 12.2. The summed E-state index contributed by atoms with van der Waals surface area (Å²) in [6.07, 6.45) is 1.91. The van der Waals surface area contributed by atoms with Crippen LogP contribution in [-0.2, 0) is 10.0 Å². The van der Waals surface area contributed by atoms with Gasteiger partial charge in [0.2, 0.25) is 10.0 Å². The molecule has 1 fully saturated rings. The number of hydrogen-bond acceptors (Lipinski definition) is 6. The Labute approximate surface area is 127 Å². The molecule has 9 heteroatoms. The predicted molar refractivity (Wildman–Crippen MR) is 82.7 cm³/mol. The van der Waals surface area contributed by atoms with E-state index in [1.165, 1.54) is 12.1 Å². The van der Waals surface area contributed by atoms with Crippen molar-refractivity contribution in [1.29, 1.82) is 0 Å². The number of nitrogens with one attached hydrogen (secondary N) is 1. The Hall–Kier alpha value is -1.32. The molecular weight excluding hydrogens is 314 g/mol. The number of nitro groups is 1. The van der Waals surface area contributed by atoms with E-state index in [1.807, 2.05) is 11.8 Å². The van der Waals surface area contributed by atoms with Crippen LogP contribution in [0.5, 0.6) is 0 Å². The minimum atomic E-state index is -3.91. The lowest BCUT2D eigenvalue weighted by molar-refractivity contribution is -0.387. The fourth-order valence-electron chi connectivity index (χ4n) is 2.16. The van der Waals surface area contributed by atoms with Gasteiger partial charge >= 0.3 is 0 Å². The van der Waals surface area contributed by atoms with E-state index in [4.69, 9.17) is 5.73 Å². The number of benzene rings is 1. The summed E-state index contributed by atoms with van der Waals surface area (Å²) >= 11 is 1.86. The van der Waals surface area contributed by atoms with E-state index in [9.17, 15) is 18.5 Å². The summed E-state index contributed by atoms with van der Waals surface area (Å²) in [6, 6.07) is 3.58. The van der Waals surface area contributed by atoms with Gasteiger partial charge in [0, 0.05) is 18.3 Å². The molecule has 7 nitrogen and oxygen atoms in total. The first-order chi connectivity index (χ1) is 9.90. The van der Waals surface area contributed by atoms with Gasteiger partial charge in [0.25, 0.3) is 5.69 Å². The van der Waals surface area contributed by atoms with Crippen molar-refractivity contribution >= 4 is 33.2 Å². The second-order valence-corrected chi connectivity index (χ2v) is 7.85. The van der Waals surface area contributed by atoms with Gasteiger partial charge in [-0.25, -0.2) is 13.1 Å². The lowest BCUT2D eigenvalue weighted by Gasteiger charge is -2.21. The van der Waals surface area contributed by atoms with Crippen molar-refractivity contribution in [1.82, 2.24) is 4.72 Å². The van der Waals surface area contributed by atoms with Crippen LogP contribution in [0.1, 0.15) is 12.8 Å². The van der Waals surface area contributed by atoms with Crippen LogP contribution in [0.4, 0.5) is 11.4 Å². The molecule has 3 N–H and O–H groups in total. The number of nitrogens with two attached hydrogens (primary N) is 1. The summed E-state index contributed by atoms with van der Waals surface area (Å²) in [5.74, 6) is 2.33. The van der Waals surface area contributed by atoms with Gasteiger partial charge in [-0.05, 0) is 42.4 Å². The van der Waals surface area contributed by atoms with Crippen molar-refractivity contribution < 1.29 is 13.3 Å². The fourth-order valence-corrected chi connectivity index (χ4v) is 4.63. The third-order valence-electron chi connectivity index (χ3n) is 3.37. The third kappa shape index (κ3) is 4.08. The third-order valence-corrected chi connectivity index (χ3v) is 5.89. The summed E-state index contributed by atoms with van der Waals surface area (Å²) in [4.78, 5) is 9.91. The lowest BCUT2D eigenvalue weighted by atomic mass is 10.0. The Morgan fingerprint density at radius 2 is 2.05 bits per heavy atom. The molecule has 1 heterocycles. The van der Waals surface area contributed by atoms with Crippen LogP contribution in [0.3, 0.4) is 0 Å². The molecule has 1 aromatic rings. The van der Waals surface area contributed by atoms with E-state index in [2.05, 4.69) is 4.72 Å². The van der Waals surface area contributed by atoms with Gasteiger partial charge in [-0.3, -0.25) is 10.1 Å². The van der Waals surface area contributed by atoms with Gasteiger partial charge in [0.15, 0.2) is 4.90 Å². The van der Waals surface area contributed by atoms with Gasteiger partial charge in [-0.1, -0.05) is 0 Å². The highest BCUT2D eigenvalue weighted by atomic mass is 32.2. The first-order valence-electron chi connectivity index (χ1n) is 6.51. The van der Waals surface area contributed by atoms with E-state index in [0.29, 0.717) is 6.54 Å². The summed E-state index contributed by atoms with van der Waals surface area (Å²) in [5.41, 5.74) is 5.14. The molecule has 1 aliphatic heterocycles. The lowest BCUT2D eigenvalue weighted by Crippen LogP contribution is -2.31. The first-order valence-corrected chi connectivity index (χ1v) is 9.15. The van der Waals surface area contributed by atoms with E-state index >= 15 is 0 Å². The maximum absolute atomic E-state index is 12.2. The van der Waals surface area contributed by atoms with Crippen LogP contribution >= 0.6 is 11.8 Å². The topological polar surface area (TPSA) is 115 Å². The second kappa shape index (κ2) is 6.63. The second-order valence-electron chi connectivity index (χ2n) is 4.89. The van der Waals surface area contributed by atoms with Crippen LogP contribution in [0.15, 0.2) is 23.1 Å². The monoisotopic (exact) mass is 331 g/mol. The van der Waals surface area contributed by atoms with E-state index in [1.54, 1.807) is 0 Å². The minimum absolute atomic E-state index is 0.157. The average molecular weight is 331 g/mol. The highest BCUT2D eigenvalue weighted by molar-refractivity contribution is 7.99. The molecule has 0 atom stereocenters. The molecule has 1 saturated heterocycles. The molecular formula is C12H17N3O4S2. The fraction of sp³-hybridized carbons (Fsp3) is 0.500. The summed E-state index contributed by atoms with van der Waals surface area (Å²) in [7, 11) is -3.91. The molecule has 0 aromatic heterocycles. The Kier molecular flexibility index (Phi) is 5.07. The average Bonchev–Trinajstić information content (AvgIpc) is 2.46. The van der Waals surface area contributed by atoms with Crippen molar-refractivity contribution in [2.45, 2.75) is 17.7 Å². The zero-order valence-electron chi connectivity index (χ0n) is 11.3. The molecule has 2 rings (SSSR count). The zero-order chi connectivity index (χ0) is 15.5. The molecule has 21 heavy (non-hydrogen) atoms. The molecule has 0 amide bonds. The normalized spacial score (nSPS) is 16.8. The van der Waals surface area contributed by atoms with Gasteiger partial charge in [0.1, 0.15) is 0 Å². The standard InChI is InChI=1S/C12H17N3O4S2/c13-10-1-2-12(11(7-10)15(16)17)21(18,19)14-8-9-3-5-20-6-4-9/h1-2,7,9,14H,3-6,8,13H2. The minimum Gasteiger partial charge on any atom is -0.399 e. The van der Waals surface area contributed by atoms with Crippen LogP contribution in [0.25, 0.3) is 0 Å². The van der Waals surface area contributed by atoms with Gasteiger partial charge in [-0.2, -0.15) is 11.8 Å². The van der Waals surface area contributed by atoms with Crippen LogP contribution in [0.2, 0.25) is 0 Å². The Balaban J connectivity index is 2.17. The molecule has 0 spiro atoms. The highest BCUT2D eigenvalue weighted by Crippen LogP contribution is 2.27. The molecule has 0 aliphatic carbocycles. The number of thioether (sulfide) groups is 1. The van der Waals surface area contributed by atoms with Crippen molar-refractivity contribution in [3.63, 3.8) is 0 Å². The molecule has 1 aromatic carbocycles. The first kappa shape index (κ1) is 16.1. The summed E-state index contributed by atoms with van der Waals surface area (Å²) in [6.45, 7) is 0.310. The van der Waals surface area contributed by atoms with Crippen LogP contribution < -0.4 is 10.5 Å². The quantitative estimate of drug-likeness (QED) is 0.481. The summed E-state index contributed by atoms with van der Waals surface area (Å²) < 4.78 is 27.0. The molecule has 0 bridgehead atoms. The number of nitro benzene ring substituents is 1. The highest BCUT2D eigenvalue weighted by Gasteiger charge is 2.26. The summed E-state index contributed by atoms with van der Waals surface area (Å²) in [5, 5.41) is 11.0. The number of nitrogens with zero attached hydrogens (tertiary/aromatic N) is 1. The van der Waals surface area contributed by atoms with Crippen molar-refractivity contribution in [3.05, 3.63) is 28.3 Å². The number of sulfonamides is 1. The van der Waals surface area contributed by atoms with Crippen molar-refractivity contribution in [2.75, 3.05) is 23.8 Å². The maximum Gasteiger partial charge on any atom is 0.291 e. The number of anilines is 1. The Morgan fingerprint density at radius 1 is 1.38 bits per heavy atom. The van der Waals surface area contributed by atoms with Gasteiger partial charge in [-0.15, -0.1) is 0 Å². The Bertz CT molecular complexity index is 627. The van der Waals surface area contributed by atoms with Crippen molar-refractivity contribution in [3.8, 4) is 0 Å². The molecule has 0 unspecified atom stereocenters. The molecule has 0 radical (unpaired) electrons. The number of rotatable bonds is 5. The van der Waals surface area contributed by atoms with Crippen molar-refractivity contribution in [2.24, 2.45) is 5.92 Å². The van der Waals surface area contributed by atoms with Gasteiger partial charge < -0.3 is 5.73 Å². The zero-order valence-corrected chi connectivity index (χ0v) is 13.0. The van der Waals surface area contributed by atoms with Crippen LogP contribution in [0, 0.1) is 16.0 Å².